The molecule has 0 saturated carbocycles. The van der Waals surface area contributed by atoms with Crippen molar-refractivity contribution >= 4 is 17.7 Å². The molecular weight excluding hydrogens is 418 g/mol. The van der Waals surface area contributed by atoms with Gasteiger partial charge in [0.05, 0.1) is 6.54 Å². The number of carbonyl (C=O) groups excluding carboxylic acids is 3. The summed E-state index contributed by atoms with van der Waals surface area (Å²) in [5.41, 5.74) is 2.94. The molecule has 8 nitrogen and oxygen atoms in total. The first kappa shape index (κ1) is 23.0. The van der Waals surface area contributed by atoms with E-state index in [-0.39, 0.29) is 23.6 Å². The Balaban J connectivity index is 1.42. The van der Waals surface area contributed by atoms with Crippen molar-refractivity contribution in [1.82, 2.24) is 24.9 Å². The Labute approximate surface area is 194 Å². The van der Waals surface area contributed by atoms with Gasteiger partial charge in [0.1, 0.15) is 0 Å². The van der Waals surface area contributed by atoms with Gasteiger partial charge < -0.3 is 15.1 Å². The Kier molecular flexibility index (Phi) is 7.11. The average Bonchev–Trinajstić information content (AvgIpc) is 3.19. The summed E-state index contributed by atoms with van der Waals surface area (Å²) in [4.78, 5) is 42.3. The van der Waals surface area contributed by atoms with Crippen molar-refractivity contribution < 1.29 is 14.4 Å². The fourth-order valence-corrected chi connectivity index (χ4v) is 4.73. The van der Waals surface area contributed by atoms with Crippen LogP contribution >= 0.6 is 0 Å². The fraction of sp³-hybridized carbons (Fsp3) is 0.520. The van der Waals surface area contributed by atoms with Crippen molar-refractivity contribution in [3.8, 4) is 0 Å². The smallest absolute Gasteiger partial charge is 0.274 e. The number of fused-ring (bicyclic) bond motifs is 1. The van der Waals surface area contributed by atoms with E-state index < -0.39 is 0 Å². The highest BCUT2D eigenvalue weighted by Crippen LogP contribution is 2.26. The Morgan fingerprint density at radius 1 is 1.03 bits per heavy atom. The van der Waals surface area contributed by atoms with Crippen molar-refractivity contribution in [3.63, 3.8) is 0 Å². The fourth-order valence-electron chi connectivity index (χ4n) is 4.73. The number of nitrogens with zero attached hydrogens (tertiary/aromatic N) is 4. The standard InChI is InChI=1S/C25H33N5O3/c1-3-4-13-26-23(31)18-10-14-29(15-11-18)25(33)22-20-17-30(16-12-21(20)28(2)27-22)24(32)19-8-6-5-7-9-19/h5-9,18H,3-4,10-17H2,1-2H3,(H,26,31). The minimum atomic E-state index is -0.106. The molecule has 0 radical (unpaired) electrons. The molecule has 1 N–H and O–H groups in total. The highest BCUT2D eigenvalue weighted by molar-refractivity contribution is 5.96. The van der Waals surface area contributed by atoms with Crippen LogP contribution in [0, 0.1) is 5.92 Å². The minimum absolute atomic E-state index is 0.0293. The normalized spacial score (nSPS) is 16.4. The first-order valence-electron chi connectivity index (χ1n) is 12.0. The summed E-state index contributed by atoms with van der Waals surface area (Å²) in [6.45, 7) is 4.89. The number of aryl methyl sites for hydroxylation is 1. The zero-order valence-electron chi connectivity index (χ0n) is 19.5. The minimum Gasteiger partial charge on any atom is -0.356 e. The van der Waals surface area contributed by atoms with Gasteiger partial charge in [-0.05, 0) is 31.4 Å². The quantitative estimate of drug-likeness (QED) is 0.683. The summed E-state index contributed by atoms with van der Waals surface area (Å²) in [6, 6.07) is 9.23. The highest BCUT2D eigenvalue weighted by Gasteiger charge is 2.33. The molecule has 176 valence electrons. The van der Waals surface area contributed by atoms with Crippen molar-refractivity contribution in [2.24, 2.45) is 13.0 Å². The zero-order chi connectivity index (χ0) is 23.4. The number of likely N-dealkylation sites (tertiary alicyclic amines) is 1. The van der Waals surface area contributed by atoms with Gasteiger partial charge in [-0.15, -0.1) is 0 Å². The van der Waals surface area contributed by atoms with Crippen molar-refractivity contribution in [2.75, 3.05) is 26.2 Å². The molecule has 3 heterocycles. The maximum Gasteiger partial charge on any atom is 0.274 e. The van der Waals surface area contributed by atoms with Gasteiger partial charge in [-0.3, -0.25) is 19.1 Å². The number of carbonyl (C=O) groups is 3. The summed E-state index contributed by atoms with van der Waals surface area (Å²) in [5, 5.41) is 7.55. The summed E-state index contributed by atoms with van der Waals surface area (Å²) < 4.78 is 1.78. The number of benzene rings is 1. The largest absolute Gasteiger partial charge is 0.356 e. The summed E-state index contributed by atoms with van der Waals surface area (Å²) in [5.74, 6) is -0.0764. The van der Waals surface area contributed by atoms with Crippen molar-refractivity contribution in [2.45, 2.75) is 45.6 Å². The van der Waals surface area contributed by atoms with Gasteiger partial charge in [0.15, 0.2) is 5.69 Å². The molecule has 2 aromatic rings. The maximum absolute atomic E-state index is 13.4. The Morgan fingerprint density at radius 2 is 1.76 bits per heavy atom. The molecule has 2 aliphatic rings. The zero-order valence-corrected chi connectivity index (χ0v) is 19.5. The number of unbranched alkanes of at least 4 members (excludes halogenated alkanes) is 1. The second kappa shape index (κ2) is 10.2. The van der Waals surface area contributed by atoms with Gasteiger partial charge in [0.25, 0.3) is 11.8 Å². The Morgan fingerprint density at radius 3 is 2.45 bits per heavy atom. The van der Waals surface area contributed by atoms with Gasteiger partial charge >= 0.3 is 0 Å². The lowest BCUT2D eigenvalue weighted by molar-refractivity contribution is -0.126. The molecule has 0 spiro atoms. The Hall–Kier alpha value is -3.16. The molecule has 0 atom stereocenters. The monoisotopic (exact) mass is 451 g/mol. The second-order valence-electron chi connectivity index (χ2n) is 8.95. The molecule has 1 aromatic carbocycles. The predicted octanol–water partition coefficient (Wildman–Crippen LogP) is 2.39. The molecule has 4 rings (SSSR count). The van der Waals surface area contributed by atoms with E-state index in [1.54, 1.807) is 14.5 Å². The van der Waals surface area contributed by atoms with Crippen LogP contribution in [0.3, 0.4) is 0 Å². The number of aromatic nitrogens is 2. The van der Waals surface area contributed by atoms with Crippen LogP contribution in [-0.2, 0) is 24.8 Å². The summed E-state index contributed by atoms with van der Waals surface area (Å²) >= 11 is 0. The molecule has 33 heavy (non-hydrogen) atoms. The van der Waals surface area contributed by atoms with E-state index in [0.717, 1.165) is 24.1 Å². The van der Waals surface area contributed by atoms with Crippen LogP contribution < -0.4 is 5.32 Å². The van der Waals surface area contributed by atoms with Gasteiger partial charge in [0, 0.05) is 62.4 Å². The number of rotatable bonds is 6. The highest BCUT2D eigenvalue weighted by atomic mass is 16.2. The molecular formula is C25H33N5O3. The van der Waals surface area contributed by atoms with E-state index in [4.69, 9.17) is 0 Å². The second-order valence-corrected chi connectivity index (χ2v) is 8.95. The molecule has 2 aliphatic heterocycles. The van der Waals surface area contributed by atoms with Crippen LogP contribution in [0.25, 0.3) is 0 Å². The topological polar surface area (TPSA) is 87.5 Å². The van der Waals surface area contributed by atoms with Crippen LogP contribution in [0.1, 0.15) is 64.7 Å². The van der Waals surface area contributed by atoms with Gasteiger partial charge in [-0.2, -0.15) is 5.10 Å². The molecule has 1 saturated heterocycles. The van der Waals surface area contributed by atoms with Gasteiger partial charge in [-0.25, -0.2) is 0 Å². The third-order valence-corrected chi connectivity index (χ3v) is 6.74. The molecule has 3 amide bonds. The van der Waals surface area contributed by atoms with E-state index in [0.29, 0.717) is 63.2 Å². The molecule has 0 bridgehead atoms. The summed E-state index contributed by atoms with van der Waals surface area (Å²) in [7, 11) is 1.86. The lowest BCUT2D eigenvalue weighted by Gasteiger charge is -2.32. The average molecular weight is 452 g/mol. The molecule has 1 fully saturated rings. The van der Waals surface area contributed by atoms with E-state index in [1.165, 1.54) is 0 Å². The van der Waals surface area contributed by atoms with Crippen LogP contribution in [0.15, 0.2) is 30.3 Å². The van der Waals surface area contributed by atoms with Gasteiger partial charge in [0.2, 0.25) is 5.91 Å². The molecule has 0 aliphatic carbocycles. The number of hydrogen-bond acceptors (Lipinski definition) is 4. The van der Waals surface area contributed by atoms with E-state index in [2.05, 4.69) is 17.3 Å². The molecule has 0 unspecified atom stereocenters. The van der Waals surface area contributed by atoms with Crippen LogP contribution in [0.2, 0.25) is 0 Å². The van der Waals surface area contributed by atoms with Gasteiger partial charge in [-0.1, -0.05) is 31.5 Å². The van der Waals surface area contributed by atoms with E-state index >= 15 is 0 Å². The number of piperidine rings is 1. The number of hydrogen-bond donors (Lipinski definition) is 1. The van der Waals surface area contributed by atoms with Crippen molar-refractivity contribution in [3.05, 3.63) is 52.8 Å². The van der Waals surface area contributed by atoms with E-state index in [9.17, 15) is 14.4 Å². The van der Waals surface area contributed by atoms with Crippen molar-refractivity contribution in [1.29, 1.82) is 0 Å². The third-order valence-electron chi connectivity index (χ3n) is 6.74. The van der Waals surface area contributed by atoms with Crippen LogP contribution in [-0.4, -0.2) is 63.5 Å². The number of nitrogens with one attached hydrogen (secondary N) is 1. The summed E-state index contributed by atoms with van der Waals surface area (Å²) in [6.07, 6.45) is 4.03. The third kappa shape index (κ3) is 4.94. The first-order chi connectivity index (χ1) is 16.0. The first-order valence-corrected chi connectivity index (χ1v) is 12.0. The number of amides is 3. The lowest BCUT2D eigenvalue weighted by Crippen LogP contribution is -2.44. The Bertz CT molecular complexity index is 1010. The lowest BCUT2D eigenvalue weighted by atomic mass is 9.95. The van der Waals surface area contributed by atoms with Crippen LogP contribution in [0.5, 0.6) is 0 Å². The van der Waals surface area contributed by atoms with E-state index in [1.807, 2.05) is 37.4 Å². The van der Waals surface area contributed by atoms with Crippen LogP contribution in [0.4, 0.5) is 0 Å². The SMILES string of the molecule is CCCCNC(=O)C1CCN(C(=O)c2nn(C)c3c2CN(C(=O)c2ccccc2)CC3)CC1. The predicted molar refractivity (Wildman–Crippen MR) is 125 cm³/mol. The molecule has 1 aromatic heterocycles. The maximum atomic E-state index is 13.4. The molecule has 8 heteroatoms.